The fraction of sp³-hybridized carbons (Fsp3) is 0.750. The minimum atomic E-state index is -2.96. The van der Waals surface area contributed by atoms with E-state index in [4.69, 9.17) is 4.74 Å². The summed E-state index contributed by atoms with van der Waals surface area (Å²) in [5.41, 5.74) is 0.928. The average Bonchev–Trinajstić information content (AvgIpc) is 3.15. The first-order valence-corrected chi connectivity index (χ1v) is 10.6. The number of hydrogen-bond donors (Lipinski definition) is 1. The molecule has 0 aromatic carbocycles. The lowest BCUT2D eigenvalue weighted by Gasteiger charge is -2.35. The van der Waals surface area contributed by atoms with Crippen LogP contribution in [-0.4, -0.2) is 74.4 Å². The first kappa shape index (κ1) is 18.2. The highest BCUT2D eigenvalue weighted by molar-refractivity contribution is 7.90. The number of morpholine rings is 1. The number of ether oxygens (including phenoxy) is 1. The third-order valence-electron chi connectivity index (χ3n) is 4.82. The van der Waals surface area contributed by atoms with Gasteiger partial charge < -0.3 is 15.0 Å². The van der Waals surface area contributed by atoms with Crippen LogP contribution in [0, 0.1) is 5.41 Å². The Kier molecular flexibility index (Phi) is 5.06. The number of nitrogens with zero attached hydrogens (tertiary/aromatic N) is 4. The van der Waals surface area contributed by atoms with Crippen LogP contribution in [0.4, 0.5) is 0 Å². The lowest BCUT2D eigenvalue weighted by atomic mass is 10.1. The van der Waals surface area contributed by atoms with Gasteiger partial charge in [-0.05, 0) is 12.8 Å². The monoisotopic (exact) mass is 369 g/mol. The van der Waals surface area contributed by atoms with Crippen molar-refractivity contribution in [1.29, 1.82) is 0 Å². The van der Waals surface area contributed by atoms with Crippen molar-refractivity contribution in [1.82, 2.24) is 20.0 Å². The Morgan fingerprint density at radius 1 is 1.52 bits per heavy atom. The third-order valence-corrected chi connectivity index (χ3v) is 5.96. The SMILES string of the molecule is CN=C(NCC1(CS(C)(=O)=O)CC1)N1CCOC(c2cnn(C)c2)C1. The molecule has 0 amide bonds. The fourth-order valence-electron chi connectivity index (χ4n) is 3.35. The molecule has 0 bridgehead atoms. The van der Waals surface area contributed by atoms with Crippen LogP contribution in [0.1, 0.15) is 24.5 Å². The highest BCUT2D eigenvalue weighted by Gasteiger charge is 2.45. The van der Waals surface area contributed by atoms with Crippen molar-refractivity contribution in [2.45, 2.75) is 18.9 Å². The number of aromatic nitrogens is 2. The molecule has 1 aromatic heterocycles. The molecular formula is C16H27N5O3S. The van der Waals surface area contributed by atoms with Crippen LogP contribution >= 0.6 is 0 Å². The normalized spacial score (nSPS) is 23.6. The molecule has 1 N–H and O–H groups in total. The molecule has 2 fully saturated rings. The van der Waals surface area contributed by atoms with E-state index in [1.54, 1.807) is 11.7 Å². The molecule has 1 aromatic rings. The van der Waals surface area contributed by atoms with Crippen molar-refractivity contribution in [2.75, 3.05) is 45.3 Å². The Morgan fingerprint density at radius 3 is 2.84 bits per heavy atom. The number of rotatable bonds is 5. The van der Waals surface area contributed by atoms with Crippen LogP contribution in [0.15, 0.2) is 17.4 Å². The summed E-state index contributed by atoms with van der Waals surface area (Å²) in [5, 5.41) is 7.59. The summed E-state index contributed by atoms with van der Waals surface area (Å²) in [4.78, 5) is 6.54. The van der Waals surface area contributed by atoms with Crippen molar-refractivity contribution in [2.24, 2.45) is 17.5 Å². The molecule has 2 heterocycles. The molecule has 25 heavy (non-hydrogen) atoms. The Hall–Kier alpha value is -1.61. The molecule has 8 nitrogen and oxygen atoms in total. The van der Waals surface area contributed by atoms with Crippen LogP contribution in [0.3, 0.4) is 0 Å². The summed E-state index contributed by atoms with van der Waals surface area (Å²) in [7, 11) is 0.683. The molecule has 1 atom stereocenters. The first-order chi connectivity index (χ1) is 11.8. The summed E-state index contributed by atoms with van der Waals surface area (Å²) in [6.45, 7) is 2.72. The molecule has 1 aliphatic carbocycles. The Morgan fingerprint density at radius 2 is 2.28 bits per heavy atom. The van der Waals surface area contributed by atoms with E-state index in [-0.39, 0.29) is 17.3 Å². The molecule has 0 radical (unpaired) electrons. The Labute approximate surface area is 149 Å². The summed E-state index contributed by atoms with van der Waals surface area (Å²) in [5.74, 6) is 1.04. The van der Waals surface area contributed by atoms with Crippen LogP contribution in [0.2, 0.25) is 0 Å². The minimum absolute atomic E-state index is 0.0353. The molecule has 1 saturated heterocycles. The molecule has 1 saturated carbocycles. The number of guanidine groups is 1. The zero-order valence-electron chi connectivity index (χ0n) is 15.1. The molecule has 9 heteroatoms. The Balaban J connectivity index is 1.59. The van der Waals surface area contributed by atoms with E-state index >= 15 is 0 Å². The molecule has 1 unspecified atom stereocenters. The second-order valence-electron chi connectivity index (χ2n) is 7.22. The van der Waals surface area contributed by atoms with Gasteiger partial charge in [0.2, 0.25) is 0 Å². The van der Waals surface area contributed by atoms with E-state index in [1.165, 1.54) is 6.26 Å². The maximum absolute atomic E-state index is 11.6. The van der Waals surface area contributed by atoms with Gasteiger partial charge >= 0.3 is 0 Å². The predicted molar refractivity (Wildman–Crippen MR) is 96.2 cm³/mol. The van der Waals surface area contributed by atoms with Crippen LogP contribution in [0.25, 0.3) is 0 Å². The van der Waals surface area contributed by atoms with Gasteiger partial charge in [0.15, 0.2) is 5.96 Å². The standard InChI is InChI=1S/C16H27N5O3S/c1-17-15(18-11-16(4-5-16)12-25(3,22)23)21-6-7-24-14(10-21)13-8-19-20(2)9-13/h8-9,14H,4-7,10-12H2,1-3H3,(H,17,18). The summed E-state index contributed by atoms with van der Waals surface area (Å²) in [6, 6.07) is 0. The van der Waals surface area contributed by atoms with E-state index in [2.05, 4.69) is 20.3 Å². The third kappa shape index (κ3) is 4.72. The number of aliphatic imine (C=N–C) groups is 1. The van der Waals surface area contributed by atoms with E-state index in [1.807, 2.05) is 19.4 Å². The van der Waals surface area contributed by atoms with Gasteiger partial charge in [0.05, 0.1) is 25.1 Å². The zero-order valence-corrected chi connectivity index (χ0v) is 15.9. The number of nitrogens with one attached hydrogen (secondary N) is 1. The fourth-order valence-corrected chi connectivity index (χ4v) is 4.86. The molecule has 0 spiro atoms. The Bertz CT molecular complexity index is 739. The summed E-state index contributed by atoms with van der Waals surface area (Å²) < 4.78 is 30.9. The average molecular weight is 369 g/mol. The number of sulfone groups is 1. The van der Waals surface area contributed by atoms with E-state index in [0.29, 0.717) is 19.7 Å². The van der Waals surface area contributed by atoms with Crippen molar-refractivity contribution in [3.05, 3.63) is 18.0 Å². The largest absolute Gasteiger partial charge is 0.370 e. The van der Waals surface area contributed by atoms with Crippen molar-refractivity contribution >= 4 is 15.8 Å². The smallest absolute Gasteiger partial charge is 0.193 e. The second-order valence-corrected chi connectivity index (χ2v) is 9.36. The maximum Gasteiger partial charge on any atom is 0.193 e. The van der Waals surface area contributed by atoms with Crippen molar-refractivity contribution in [3.63, 3.8) is 0 Å². The lowest BCUT2D eigenvalue weighted by Crippen LogP contribution is -2.49. The molecule has 3 rings (SSSR count). The number of hydrogen-bond acceptors (Lipinski definition) is 5. The molecule has 140 valence electrons. The van der Waals surface area contributed by atoms with Gasteiger partial charge in [-0.25, -0.2) is 8.42 Å². The molecule has 2 aliphatic rings. The van der Waals surface area contributed by atoms with Gasteiger partial charge in [-0.15, -0.1) is 0 Å². The van der Waals surface area contributed by atoms with Crippen molar-refractivity contribution in [3.8, 4) is 0 Å². The quantitative estimate of drug-likeness (QED) is 0.589. The second kappa shape index (κ2) is 6.95. The molecular weight excluding hydrogens is 342 g/mol. The van der Waals surface area contributed by atoms with Gasteiger partial charge in [0.1, 0.15) is 15.9 Å². The number of aryl methyl sites for hydroxylation is 1. The van der Waals surface area contributed by atoms with Gasteiger partial charge in [-0.2, -0.15) is 5.10 Å². The topological polar surface area (TPSA) is 88.8 Å². The molecule has 1 aliphatic heterocycles. The van der Waals surface area contributed by atoms with E-state index in [0.717, 1.165) is 30.9 Å². The maximum atomic E-state index is 11.6. The highest BCUT2D eigenvalue weighted by Crippen LogP contribution is 2.46. The predicted octanol–water partition coefficient (Wildman–Crippen LogP) is 0.194. The summed E-state index contributed by atoms with van der Waals surface area (Å²) >= 11 is 0. The van der Waals surface area contributed by atoms with Gasteiger partial charge in [-0.1, -0.05) is 0 Å². The minimum Gasteiger partial charge on any atom is -0.370 e. The van der Waals surface area contributed by atoms with Crippen molar-refractivity contribution < 1.29 is 13.2 Å². The van der Waals surface area contributed by atoms with Crippen LogP contribution in [-0.2, 0) is 21.6 Å². The first-order valence-electron chi connectivity index (χ1n) is 8.54. The van der Waals surface area contributed by atoms with Crippen LogP contribution in [0.5, 0.6) is 0 Å². The van der Waals surface area contributed by atoms with Crippen LogP contribution < -0.4 is 5.32 Å². The zero-order chi connectivity index (χ0) is 18.1. The van der Waals surface area contributed by atoms with E-state index < -0.39 is 9.84 Å². The van der Waals surface area contributed by atoms with Gasteiger partial charge in [0.25, 0.3) is 0 Å². The van der Waals surface area contributed by atoms with E-state index in [9.17, 15) is 8.42 Å². The lowest BCUT2D eigenvalue weighted by molar-refractivity contribution is -0.00808. The summed E-state index contributed by atoms with van der Waals surface area (Å²) in [6.07, 6.45) is 6.97. The highest BCUT2D eigenvalue weighted by atomic mass is 32.2. The van der Waals surface area contributed by atoms with Gasteiger partial charge in [0, 0.05) is 50.6 Å². The van der Waals surface area contributed by atoms with Gasteiger partial charge in [-0.3, -0.25) is 9.67 Å².